The molecule has 3 nitrogen and oxygen atoms in total. The molecular weight excluding hydrogens is 286 g/mol. The molecule has 7 heteroatoms. The largest absolute Gasteiger partial charge is 0.272 e. The fourth-order valence-corrected chi connectivity index (χ4v) is 1.69. The van der Waals surface area contributed by atoms with Crippen LogP contribution in [0.25, 0.3) is 0 Å². The molecule has 2 rings (SSSR count). The van der Waals surface area contributed by atoms with Gasteiger partial charge < -0.3 is 0 Å². The third-order valence-electron chi connectivity index (χ3n) is 2.74. The molecule has 0 amide bonds. The molecule has 0 aliphatic carbocycles. The van der Waals surface area contributed by atoms with Crippen LogP contribution in [0.2, 0.25) is 0 Å². The Bertz CT molecular complexity index is 645. The van der Waals surface area contributed by atoms with Gasteiger partial charge in [0.05, 0.1) is 5.71 Å². The van der Waals surface area contributed by atoms with E-state index in [1.165, 1.54) is 0 Å². The Hall–Kier alpha value is -2.44. The molecule has 2 aromatic rings. The molecule has 21 heavy (non-hydrogen) atoms. The van der Waals surface area contributed by atoms with Crippen molar-refractivity contribution >= 4 is 11.4 Å². The number of hydrogen-bond acceptors (Lipinski definition) is 3. The van der Waals surface area contributed by atoms with E-state index in [1.807, 2.05) is 5.43 Å². The summed E-state index contributed by atoms with van der Waals surface area (Å²) in [5, 5.41) is 3.81. The van der Waals surface area contributed by atoms with Crippen molar-refractivity contribution in [1.82, 2.24) is 4.98 Å². The lowest BCUT2D eigenvalue weighted by molar-refractivity contribution is 0.411. The van der Waals surface area contributed by atoms with Gasteiger partial charge in [0.25, 0.3) is 11.9 Å². The molecule has 110 valence electrons. The summed E-state index contributed by atoms with van der Waals surface area (Å²) in [6.45, 7) is 1.79. The lowest BCUT2D eigenvalue weighted by atomic mass is 10.1. The van der Waals surface area contributed by atoms with E-state index in [4.69, 9.17) is 0 Å². The fraction of sp³-hybridized carbons (Fsp3) is 0.143. The normalized spacial score (nSPS) is 11.6. The summed E-state index contributed by atoms with van der Waals surface area (Å²) in [7, 11) is 0. The highest BCUT2D eigenvalue weighted by molar-refractivity contribution is 6.00. The van der Waals surface area contributed by atoms with E-state index in [2.05, 4.69) is 10.1 Å². The molecule has 1 aromatic heterocycles. The maximum Gasteiger partial charge on any atom is 0.254 e. The molecule has 1 aromatic carbocycles. The number of hydrazone groups is 1. The molecule has 0 saturated heterocycles. The van der Waals surface area contributed by atoms with Crippen molar-refractivity contribution in [3.8, 4) is 0 Å². The minimum Gasteiger partial charge on any atom is -0.272 e. The number of aromatic nitrogens is 1. The van der Waals surface area contributed by atoms with E-state index in [-0.39, 0.29) is 0 Å². The lowest BCUT2D eigenvalue weighted by Gasteiger charge is -2.08. The van der Waals surface area contributed by atoms with Crippen molar-refractivity contribution in [1.29, 1.82) is 0 Å². The standard InChI is InChI=1S/C14H11F4N3/c1-2-9(8-6-4-3-5-7-8)20-21-12-10(15)13(17)19-14(18)11(12)16/h3-7H,2H2,1H3,(H,19,21)/b20-9+. The highest BCUT2D eigenvalue weighted by atomic mass is 19.2. The number of pyridine rings is 1. The molecule has 0 fully saturated rings. The molecular formula is C14H11F4N3. The zero-order valence-corrected chi connectivity index (χ0v) is 11.0. The van der Waals surface area contributed by atoms with E-state index in [1.54, 1.807) is 37.3 Å². The molecule has 0 aliphatic heterocycles. The predicted molar refractivity (Wildman–Crippen MR) is 71.0 cm³/mol. The highest BCUT2D eigenvalue weighted by Crippen LogP contribution is 2.22. The van der Waals surface area contributed by atoms with E-state index in [9.17, 15) is 17.6 Å². The maximum atomic E-state index is 13.4. The van der Waals surface area contributed by atoms with Crippen LogP contribution < -0.4 is 5.43 Å². The number of rotatable bonds is 4. The second kappa shape index (κ2) is 6.34. The zero-order valence-electron chi connectivity index (χ0n) is 11.0. The van der Waals surface area contributed by atoms with Crippen molar-refractivity contribution < 1.29 is 17.6 Å². The SMILES string of the molecule is CC/C(=N\Nc1c(F)c(F)nc(F)c1F)c1ccccc1. The molecule has 0 spiro atoms. The number of nitrogens with zero attached hydrogens (tertiary/aromatic N) is 2. The smallest absolute Gasteiger partial charge is 0.254 e. The van der Waals surface area contributed by atoms with Gasteiger partial charge >= 0.3 is 0 Å². The number of halogens is 4. The first-order valence-corrected chi connectivity index (χ1v) is 6.12. The maximum absolute atomic E-state index is 13.4. The molecule has 1 N–H and O–H groups in total. The molecule has 0 radical (unpaired) electrons. The molecule has 0 saturated carbocycles. The summed E-state index contributed by atoms with van der Waals surface area (Å²) in [4.78, 5) is 2.47. The van der Waals surface area contributed by atoms with E-state index in [0.717, 1.165) is 5.56 Å². The van der Waals surface area contributed by atoms with Crippen LogP contribution in [0, 0.1) is 23.5 Å². The minimum atomic E-state index is -1.73. The van der Waals surface area contributed by atoms with Gasteiger partial charge in [-0.3, -0.25) is 5.43 Å². The number of anilines is 1. The van der Waals surface area contributed by atoms with Crippen LogP contribution in [-0.2, 0) is 0 Å². The van der Waals surface area contributed by atoms with Crippen LogP contribution in [0.15, 0.2) is 35.4 Å². The van der Waals surface area contributed by atoms with Crippen LogP contribution in [0.3, 0.4) is 0 Å². The second-order valence-corrected chi connectivity index (χ2v) is 4.09. The van der Waals surface area contributed by atoms with Crippen molar-refractivity contribution in [2.24, 2.45) is 5.10 Å². The van der Waals surface area contributed by atoms with Gasteiger partial charge in [0.1, 0.15) is 5.69 Å². The van der Waals surface area contributed by atoms with Crippen molar-refractivity contribution in [3.05, 3.63) is 59.4 Å². The van der Waals surface area contributed by atoms with Gasteiger partial charge in [-0.25, -0.2) is 0 Å². The van der Waals surface area contributed by atoms with Gasteiger partial charge in [0.15, 0.2) is 0 Å². The zero-order chi connectivity index (χ0) is 15.4. The predicted octanol–water partition coefficient (Wildman–Crippen LogP) is 3.86. The average molecular weight is 297 g/mol. The highest BCUT2D eigenvalue weighted by Gasteiger charge is 2.20. The Morgan fingerprint density at radius 3 is 2.14 bits per heavy atom. The van der Waals surface area contributed by atoms with Crippen LogP contribution >= 0.6 is 0 Å². The lowest BCUT2D eigenvalue weighted by Crippen LogP contribution is -2.08. The van der Waals surface area contributed by atoms with Gasteiger partial charge in [0.2, 0.25) is 11.6 Å². The van der Waals surface area contributed by atoms with Crippen LogP contribution in [0.1, 0.15) is 18.9 Å². The molecule has 0 atom stereocenters. The molecule has 0 aliphatic rings. The summed E-state index contributed by atoms with van der Waals surface area (Å²) in [5.41, 5.74) is 2.22. The first-order valence-electron chi connectivity index (χ1n) is 6.12. The van der Waals surface area contributed by atoms with Gasteiger partial charge in [-0.1, -0.05) is 37.3 Å². The average Bonchev–Trinajstić information content (AvgIpc) is 2.50. The Kier molecular flexibility index (Phi) is 4.52. The summed E-state index contributed by atoms with van der Waals surface area (Å²) < 4.78 is 52.8. The summed E-state index contributed by atoms with van der Waals surface area (Å²) in [5.74, 6) is -6.71. The second-order valence-electron chi connectivity index (χ2n) is 4.09. The Balaban J connectivity index is 2.36. The van der Waals surface area contributed by atoms with Crippen molar-refractivity contribution in [2.75, 3.05) is 5.43 Å². The molecule has 0 bridgehead atoms. The van der Waals surface area contributed by atoms with Gasteiger partial charge in [-0.05, 0) is 12.0 Å². The monoisotopic (exact) mass is 297 g/mol. The fourth-order valence-electron chi connectivity index (χ4n) is 1.69. The Labute approximate surface area is 118 Å². The Morgan fingerprint density at radius 1 is 1.05 bits per heavy atom. The first kappa shape index (κ1) is 15.0. The van der Waals surface area contributed by atoms with E-state index < -0.39 is 29.2 Å². The molecule has 1 heterocycles. The number of hydrogen-bond donors (Lipinski definition) is 1. The number of benzene rings is 1. The number of nitrogens with one attached hydrogen (secondary N) is 1. The third kappa shape index (κ3) is 3.18. The van der Waals surface area contributed by atoms with Gasteiger partial charge in [-0.15, -0.1) is 0 Å². The van der Waals surface area contributed by atoms with Gasteiger partial charge in [-0.2, -0.15) is 27.6 Å². The summed E-state index contributed by atoms with van der Waals surface area (Å²) >= 11 is 0. The Morgan fingerprint density at radius 2 is 1.62 bits per heavy atom. The summed E-state index contributed by atoms with van der Waals surface area (Å²) in [6.07, 6.45) is 0.455. The van der Waals surface area contributed by atoms with Crippen molar-refractivity contribution in [2.45, 2.75) is 13.3 Å². The first-order chi connectivity index (χ1) is 10.0. The van der Waals surface area contributed by atoms with Crippen LogP contribution in [0.5, 0.6) is 0 Å². The third-order valence-corrected chi connectivity index (χ3v) is 2.74. The topological polar surface area (TPSA) is 37.3 Å². The van der Waals surface area contributed by atoms with Crippen LogP contribution in [0.4, 0.5) is 23.2 Å². The van der Waals surface area contributed by atoms with E-state index >= 15 is 0 Å². The minimum absolute atomic E-state index is 0.455. The van der Waals surface area contributed by atoms with Gasteiger partial charge in [0, 0.05) is 0 Å². The van der Waals surface area contributed by atoms with E-state index in [0.29, 0.717) is 12.1 Å². The molecule has 0 unspecified atom stereocenters. The summed E-state index contributed by atoms with van der Waals surface area (Å²) in [6, 6.07) is 8.85. The van der Waals surface area contributed by atoms with Crippen molar-refractivity contribution in [3.63, 3.8) is 0 Å². The quantitative estimate of drug-likeness (QED) is 0.402. The van der Waals surface area contributed by atoms with Crippen LogP contribution in [-0.4, -0.2) is 10.7 Å².